The van der Waals surface area contributed by atoms with Crippen LogP contribution in [-0.4, -0.2) is 9.91 Å². The van der Waals surface area contributed by atoms with Gasteiger partial charge in [0.1, 0.15) is 5.38 Å². The fourth-order valence-corrected chi connectivity index (χ4v) is 2.01. The average Bonchev–Trinajstić information content (AvgIpc) is 2.86. The highest BCUT2D eigenvalue weighted by Crippen LogP contribution is 2.34. The molecule has 0 saturated heterocycles. The van der Waals surface area contributed by atoms with Gasteiger partial charge in [0, 0.05) is 6.07 Å². The van der Waals surface area contributed by atoms with E-state index in [-0.39, 0.29) is 10.4 Å². The van der Waals surface area contributed by atoms with Crippen LogP contribution in [0.15, 0.2) is 22.7 Å². The van der Waals surface area contributed by atoms with Crippen molar-refractivity contribution in [3.8, 4) is 10.6 Å². The molecule has 0 aliphatic rings. The summed E-state index contributed by atoms with van der Waals surface area (Å²) in [6, 6.07) is 3.07. The van der Waals surface area contributed by atoms with E-state index < -0.39 is 4.92 Å². The van der Waals surface area contributed by atoms with Crippen LogP contribution in [0, 0.1) is 10.1 Å². The molecule has 0 aliphatic heterocycles. The Bertz CT molecular complexity index is 520. The Labute approximate surface area is 99.8 Å². The SMILES string of the molecule is CC(Cl)c1ncc(-c2ccc([N+](=O)[O-])s2)o1. The third-order valence-electron chi connectivity index (χ3n) is 1.88. The van der Waals surface area contributed by atoms with Gasteiger partial charge in [-0.1, -0.05) is 11.3 Å². The molecule has 0 amide bonds. The maximum Gasteiger partial charge on any atom is 0.324 e. The molecule has 2 heterocycles. The second kappa shape index (κ2) is 4.23. The number of hydrogen-bond acceptors (Lipinski definition) is 5. The van der Waals surface area contributed by atoms with Crippen molar-refractivity contribution in [1.82, 2.24) is 4.98 Å². The minimum absolute atomic E-state index is 0.0758. The van der Waals surface area contributed by atoms with E-state index in [0.29, 0.717) is 16.5 Å². The molecule has 1 unspecified atom stereocenters. The highest BCUT2D eigenvalue weighted by Gasteiger charge is 2.15. The summed E-state index contributed by atoms with van der Waals surface area (Å²) in [5, 5.41) is 10.3. The lowest BCUT2D eigenvalue weighted by atomic mass is 10.4. The van der Waals surface area contributed by atoms with Crippen LogP contribution < -0.4 is 0 Å². The molecule has 0 radical (unpaired) electrons. The van der Waals surface area contributed by atoms with Gasteiger partial charge in [-0.15, -0.1) is 11.6 Å². The van der Waals surface area contributed by atoms with E-state index in [2.05, 4.69) is 4.98 Å². The van der Waals surface area contributed by atoms with Gasteiger partial charge in [-0.2, -0.15) is 0 Å². The summed E-state index contributed by atoms with van der Waals surface area (Å²) < 4.78 is 5.37. The Morgan fingerprint density at radius 2 is 2.38 bits per heavy atom. The Morgan fingerprint density at radius 1 is 1.62 bits per heavy atom. The highest BCUT2D eigenvalue weighted by atomic mass is 35.5. The van der Waals surface area contributed by atoms with Gasteiger partial charge in [0.2, 0.25) is 5.89 Å². The molecule has 7 heteroatoms. The average molecular weight is 259 g/mol. The first-order valence-corrected chi connectivity index (χ1v) is 5.67. The van der Waals surface area contributed by atoms with Gasteiger partial charge in [-0.05, 0) is 13.0 Å². The van der Waals surface area contributed by atoms with Crippen molar-refractivity contribution >= 4 is 27.9 Å². The number of oxazole rings is 1. The van der Waals surface area contributed by atoms with Crippen molar-refractivity contribution in [3.63, 3.8) is 0 Å². The first kappa shape index (κ1) is 11.1. The Hall–Kier alpha value is -1.40. The minimum Gasteiger partial charge on any atom is -0.438 e. The zero-order valence-corrected chi connectivity index (χ0v) is 9.79. The van der Waals surface area contributed by atoms with Gasteiger partial charge in [-0.3, -0.25) is 10.1 Å². The second-order valence-electron chi connectivity index (χ2n) is 3.07. The molecule has 0 saturated carbocycles. The molecule has 16 heavy (non-hydrogen) atoms. The van der Waals surface area contributed by atoms with Gasteiger partial charge in [-0.25, -0.2) is 4.98 Å². The standard InChI is InChI=1S/C9H7ClN2O3S/c1-5(10)9-11-4-6(15-9)7-2-3-8(16-7)12(13)14/h2-5H,1H3. The molecule has 0 spiro atoms. The second-order valence-corrected chi connectivity index (χ2v) is 4.79. The molecule has 0 aromatic carbocycles. The van der Waals surface area contributed by atoms with Crippen molar-refractivity contribution in [1.29, 1.82) is 0 Å². The number of thiophene rings is 1. The number of hydrogen-bond donors (Lipinski definition) is 0. The molecular formula is C9H7ClN2O3S. The van der Waals surface area contributed by atoms with Crippen LogP contribution in [0.1, 0.15) is 18.2 Å². The summed E-state index contributed by atoms with van der Waals surface area (Å²) in [5.41, 5.74) is 0. The van der Waals surface area contributed by atoms with Gasteiger partial charge in [0.25, 0.3) is 0 Å². The van der Waals surface area contributed by atoms with Crippen LogP contribution in [0.4, 0.5) is 5.00 Å². The summed E-state index contributed by atoms with van der Waals surface area (Å²) in [6.45, 7) is 1.74. The van der Waals surface area contributed by atoms with Crippen LogP contribution in [0.2, 0.25) is 0 Å². The van der Waals surface area contributed by atoms with Crippen LogP contribution >= 0.6 is 22.9 Å². The van der Waals surface area contributed by atoms with Crippen molar-refractivity contribution in [2.24, 2.45) is 0 Å². The van der Waals surface area contributed by atoms with E-state index in [1.807, 2.05) is 0 Å². The van der Waals surface area contributed by atoms with Crippen LogP contribution in [-0.2, 0) is 0 Å². The third kappa shape index (κ3) is 2.07. The first-order chi connectivity index (χ1) is 7.58. The summed E-state index contributed by atoms with van der Waals surface area (Å²) in [6.07, 6.45) is 1.52. The minimum atomic E-state index is -0.435. The summed E-state index contributed by atoms with van der Waals surface area (Å²) in [5.74, 6) is 0.910. The van der Waals surface area contributed by atoms with Crippen molar-refractivity contribution in [3.05, 3.63) is 34.3 Å². The normalized spacial score (nSPS) is 12.6. The fourth-order valence-electron chi connectivity index (χ4n) is 1.14. The van der Waals surface area contributed by atoms with E-state index in [1.165, 1.54) is 12.3 Å². The van der Waals surface area contributed by atoms with Gasteiger partial charge in [0.15, 0.2) is 5.76 Å². The number of alkyl halides is 1. The Morgan fingerprint density at radius 3 is 2.88 bits per heavy atom. The molecular weight excluding hydrogens is 252 g/mol. The first-order valence-electron chi connectivity index (χ1n) is 4.42. The molecule has 2 aromatic heterocycles. The summed E-state index contributed by atoms with van der Waals surface area (Å²) >= 11 is 6.84. The lowest BCUT2D eigenvalue weighted by Gasteiger charge is -1.93. The smallest absolute Gasteiger partial charge is 0.324 e. The molecule has 0 aliphatic carbocycles. The molecule has 0 bridgehead atoms. The van der Waals surface area contributed by atoms with E-state index in [9.17, 15) is 10.1 Å². The van der Waals surface area contributed by atoms with Crippen molar-refractivity contribution in [2.75, 3.05) is 0 Å². The molecule has 1 atom stereocenters. The van der Waals surface area contributed by atoms with Crippen molar-refractivity contribution < 1.29 is 9.34 Å². The van der Waals surface area contributed by atoms with E-state index >= 15 is 0 Å². The van der Waals surface area contributed by atoms with E-state index in [4.69, 9.17) is 16.0 Å². The number of halogens is 1. The topological polar surface area (TPSA) is 69.2 Å². The fraction of sp³-hybridized carbons (Fsp3) is 0.222. The molecule has 5 nitrogen and oxygen atoms in total. The molecule has 2 aromatic rings. The lowest BCUT2D eigenvalue weighted by molar-refractivity contribution is -0.380. The quantitative estimate of drug-likeness (QED) is 0.479. The van der Waals surface area contributed by atoms with Gasteiger partial charge in [0.05, 0.1) is 16.0 Å². The predicted molar refractivity (Wildman–Crippen MR) is 60.7 cm³/mol. The zero-order valence-electron chi connectivity index (χ0n) is 8.21. The van der Waals surface area contributed by atoms with Gasteiger partial charge < -0.3 is 4.42 Å². The number of aromatic nitrogens is 1. The Balaban J connectivity index is 2.31. The van der Waals surface area contributed by atoms with E-state index in [1.54, 1.807) is 13.0 Å². The molecule has 0 N–H and O–H groups in total. The van der Waals surface area contributed by atoms with Crippen LogP contribution in [0.3, 0.4) is 0 Å². The molecule has 0 fully saturated rings. The Kier molecular flexibility index (Phi) is 2.93. The predicted octanol–water partition coefficient (Wildman–Crippen LogP) is 3.61. The highest BCUT2D eigenvalue weighted by molar-refractivity contribution is 7.18. The molecule has 2 rings (SSSR count). The zero-order chi connectivity index (χ0) is 11.7. The lowest BCUT2D eigenvalue weighted by Crippen LogP contribution is -1.80. The van der Waals surface area contributed by atoms with Crippen LogP contribution in [0.25, 0.3) is 10.6 Å². The van der Waals surface area contributed by atoms with Crippen LogP contribution in [0.5, 0.6) is 0 Å². The van der Waals surface area contributed by atoms with Gasteiger partial charge >= 0.3 is 5.00 Å². The van der Waals surface area contributed by atoms with Crippen molar-refractivity contribution in [2.45, 2.75) is 12.3 Å². The monoisotopic (exact) mass is 258 g/mol. The molecule has 84 valence electrons. The number of nitrogens with zero attached hydrogens (tertiary/aromatic N) is 2. The summed E-state index contributed by atoms with van der Waals surface area (Å²) in [4.78, 5) is 14.7. The largest absolute Gasteiger partial charge is 0.438 e. The number of nitro groups is 1. The maximum atomic E-state index is 10.5. The third-order valence-corrected chi connectivity index (χ3v) is 3.12. The summed E-state index contributed by atoms with van der Waals surface area (Å²) in [7, 11) is 0. The number of rotatable bonds is 3. The maximum absolute atomic E-state index is 10.5. The van der Waals surface area contributed by atoms with E-state index in [0.717, 1.165) is 11.3 Å².